The van der Waals surface area contributed by atoms with Crippen molar-refractivity contribution in [3.63, 3.8) is 0 Å². The van der Waals surface area contributed by atoms with Gasteiger partial charge in [-0.15, -0.1) is 11.6 Å². The van der Waals surface area contributed by atoms with Gasteiger partial charge in [-0.3, -0.25) is 0 Å². The van der Waals surface area contributed by atoms with E-state index in [0.29, 0.717) is 0 Å². The highest BCUT2D eigenvalue weighted by Crippen LogP contribution is 2.46. The van der Waals surface area contributed by atoms with Gasteiger partial charge in [-0.1, -0.05) is 26.0 Å². The summed E-state index contributed by atoms with van der Waals surface area (Å²) in [5.74, 6) is 1.00. The summed E-state index contributed by atoms with van der Waals surface area (Å²) < 4.78 is 6.06. The molecule has 2 heteroatoms. The van der Waals surface area contributed by atoms with Crippen molar-refractivity contribution in [2.24, 2.45) is 5.41 Å². The Kier molecular flexibility index (Phi) is 2.91. The Hall–Kier alpha value is -0.690. The lowest BCUT2D eigenvalue weighted by Gasteiger charge is -2.48. The quantitative estimate of drug-likeness (QED) is 0.706. The van der Waals surface area contributed by atoms with Crippen molar-refractivity contribution < 1.29 is 4.74 Å². The van der Waals surface area contributed by atoms with E-state index in [1.54, 1.807) is 0 Å². The zero-order valence-corrected chi connectivity index (χ0v) is 11.1. The van der Waals surface area contributed by atoms with Crippen LogP contribution in [0.1, 0.15) is 31.4 Å². The lowest BCUT2D eigenvalue weighted by molar-refractivity contribution is -0.0134. The molecule has 0 saturated heterocycles. The van der Waals surface area contributed by atoms with Crippen LogP contribution >= 0.6 is 11.6 Å². The number of benzene rings is 1. The Morgan fingerprint density at radius 3 is 2.56 bits per heavy atom. The van der Waals surface area contributed by atoms with Gasteiger partial charge in [-0.25, -0.2) is 0 Å². The normalized spacial score (nSPS) is 27.3. The number of hydrogen-bond acceptors (Lipinski definition) is 1. The van der Waals surface area contributed by atoms with Crippen LogP contribution in [0.25, 0.3) is 0 Å². The minimum Gasteiger partial charge on any atom is -0.489 e. The second kappa shape index (κ2) is 3.96. The molecule has 0 bridgehead atoms. The second-order valence-electron chi connectivity index (χ2n) is 5.33. The maximum Gasteiger partial charge on any atom is 0.122 e. The molecule has 2 atom stereocenters. The van der Waals surface area contributed by atoms with Crippen LogP contribution in [0.15, 0.2) is 18.2 Å². The molecule has 1 nitrogen and oxygen atoms in total. The van der Waals surface area contributed by atoms with Gasteiger partial charge in [0.25, 0.3) is 0 Å². The fraction of sp³-hybridized carbons (Fsp3) is 0.571. The lowest BCUT2D eigenvalue weighted by Crippen LogP contribution is -2.53. The summed E-state index contributed by atoms with van der Waals surface area (Å²) in [5, 5.41) is 0.239. The van der Waals surface area contributed by atoms with Gasteiger partial charge >= 0.3 is 0 Å². The molecular formula is C14H19ClO. The van der Waals surface area contributed by atoms with Crippen molar-refractivity contribution in [2.75, 3.05) is 0 Å². The molecule has 0 radical (unpaired) electrons. The molecule has 0 heterocycles. The number of rotatable bonds is 2. The number of halogens is 1. The molecule has 88 valence electrons. The average molecular weight is 239 g/mol. The first-order valence-electron chi connectivity index (χ1n) is 5.80. The Bertz CT molecular complexity index is 398. The highest BCUT2D eigenvalue weighted by atomic mass is 35.5. The zero-order chi connectivity index (χ0) is 11.9. The third kappa shape index (κ3) is 1.82. The fourth-order valence-corrected chi connectivity index (χ4v) is 2.34. The molecule has 1 saturated carbocycles. The van der Waals surface area contributed by atoms with E-state index >= 15 is 0 Å². The van der Waals surface area contributed by atoms with Crippen LogP contribution in [0.5, 0.6) is 5.75 Å². The van der Waals surface area contributed by atoms with E-state index in [-0.39, 0.29) is 16.9 Å². The average Bonchev–Trinajstić information content (AvgIpc) is 2.24. The number of ether oxygens (including phenoxy) is 1. The van der Waals surface area contributed by atoms with Crippen LogP contribution in [0.2, 0.25) is 0 Å². The molecular weight excluding hydrogens is 220 g/mol. The molecule has 1 aromatic carbocycles. The minimum absolute atomic E-state index is 0.0811. The largest absolute Gasteiger partial charge is 0.489 e. The third-order valence-electron chi connectivity index (χ3n) is 3.88. The molecule has 16 heavy (non-hydrogen) atoms. The topological polar surface area (TPSA) is 9.23 Å². The molecule has 1 aromatic rings. The van der Waals surface area contributed by atoms with Gasteiger partial charge < -0.3 is 4.74 Å². The first-order valence-corrected chi connectivity index (χ1v) is 6.23. The molecule has 2 unspecified atom stereocenters. The number of aryl methyl sites for hydroxylation is 1. The predicted octanol–water partition coefficient (Wildman–Crippen LogP) is 4.09. The number of hydrogen-bond donors (Lipinski definition) is 0. The van der Waals surface area contributed by atoms with Gasteiger partial charge in [0.1, 0.15) is 11.9 Å². The predicted molar refractivity (Wildman–Crippen MR) is 68.4 cm³/mol. The molecule has 0 amide bonds. The molecule has 1 aliphatic carbocycles. The Labute approximate surface area is 103 Å². The fourth-order valence-electron chi connectivity index (χ4n) is 2.04. The third-order valence-corrected chi connectivity index (χ3v) is 4.62. The van der Waals surface area contributed by atoms with Crippen molar-refractivity contribution >= 4 is 11.6 Å². The first kappa shape index (κ1) is 11.8. The van der Waals surface area contributed by atoms with Crippen LogP contribution in [-0.2, 0) is 0 Å². The van der Waals surface area contributed by atoms with Crippen LogP contribution in [0.4, 0.5) is 0 Å². The molecule has 2 rings (SSSR count). The SMILES string of the molecule is Cc1cccc(OC2CC(Cl)C2(C)C)c1C. The standard InChI is InChI=1S/C14H19ClO/c1-9-6-5-7-11(10(9)2)16-13-8-12(15)14(13,3)4/h5-7,12-13H,8H2,1-4H3. The Morgan fingerprint density at radius 2 is 2.00 bits per heavy atom. The monoisotopic (exact) mass is 238 g/mol. The van der Waals surface area contributed by atoms with Crippen LogP contribution in [0.3, 0.4) is 0 Å². The van der Waals surface area contributed by atoms with Crippen LogP contribution in [-0.4, -0.2) is 11.5 Å². The van der Waals surface area contributed by atoms with E-state index in [9.17, 15) is 0 Å². The van der Waals surface area contributed by atoms with Crippen molar-refractivity contribution in [3.8, 4) is 5.75 Å². The summed E-state index contributed by atoms with van der Waals surface area (Å²) in [6, 6.07) is 6.19. The van der Waals surface area contributed by atoms with E-state index in [0.717, 1.165) is 12.2 Å². The van der Waals surface area contributed by atoms with Crippen molar-refractivity contribution in [1.29, 1.82) is 0 Å². The van der Waals surface area contributed by atoms with E-state index in [1.165, 1.54) is 11.1 Å². The molecule has 0 aliphatic heterocycles. The van der Waals surface area contributed by atoms with Crippen molar-refractivity contribution in [2.45, 2.75) is 45.6 Å². The summed E-state index contributed by atoms with van der Waals surface area (Å²) >= 11 is 6.19. The van der Waals surface area contributed by atoms with E-state index in [1.807, 2.05) is 12.1 Å². The smallest absolute Gasteiger partial charge is 0.122 e. The summed E-state index contributed by atoms with van der Waals surface area (Å²) in [6.07, 6.45) is 1.19. The number of alkyl halides is 1. The Balaban J connectivity index is 2.14. The lowest BCUT2D eigenvalue weighted by atomic mass is 9.68. The van der Waals surface area contributed by atoms with E-state index < -0.39 is 0 Å². The minimum atomic E-state index is 0.0811. The molecule has 1 aliphatic rings. The first-order chi connectivity index (χ1) is 7.43. The van der Waals surface area contributed by atoms with Gasteiger partial charge in [0.05, 0.1) is 0 Å². The van der Waals surface area contributed by atoms with Crippen LogP contribution in [0, 0.1) is 19.3 Å². The summed E-state index contributed by atoms with van der Waals surface area (Å²) in [5.41, 5.74) is 2.59. The molecule has 0 spiro atoms. The van der Waals surface area contributed by atoms with Gasteiger partial charge in [-0.2, -0.15) is 0 Å². The van der Waals surface area contributed by atoms with Crippen molar-refractivity contribution in [1.82, 2.24) is 0 Å². The van der Waals surface area contributed by atoms with Gasteiger partial charge in [0.2, 0.25) is 0 Å². The molecule has 0 aromatic heterocycles. The maximum absolute atomic E-state index is 6.19. The highest BCUT2D eigenvalue weighted by molar-refractivity contribution is 6.21. The Morgan fingerprint density at radius 1 is 1.31 bits per heavy atom. The second-order valence-corrected chi connectivity index (χ2v) is 5.86. The van der Waals surface area contributed by atoms with Crippen molar-refractivity contribution in [3.05, 3.63) is 29.3 Å². The summed E-state index contributed by atoms with van der Waals surface area (Å²) in [7, 11) is 0. The maximum atomic E-state index is 6.19. The van der Waals surface area contributed by atoms with Gasteiger partial charge in [0.15, 0.2) is 0 Å². The highest BCUT2D eigenvalue weighted by Gasteiger charge is 2.49. The van der Waals surface area contributed by atoms with E-state index in [4.69, 9.17) is 16.3 Å². The molecule has 1 fully saturated rings. The zero-order valence-electron chi connectivity index (χ0n) is 10.4. The van der Waals surface area contributed by atoms with E-state index in [2.05, 4.69) is 33.8 Å². The van der Waals surface area contributed by atoms with Gasteiger partial charge in [-0.05, 0) is 31.0 Å². The summed E-state index contributed by atoms with van der Waals surface area (Å²) in [4.78, 5) is 0. The van der Waals surface area contributed by atoms with Gasteiger partial charge in [0, 0.05) is 17.2 Å². The van der Waals surface area contributed by atoms with Crippen LogP contribution < -0.4 is 4.74 Å². The summed E-state index contributed by atoms with van der Waals surface area (Å²) in [6.45, 7) is 8.56. The molecule has 0 N–H and O–H groups in total.